The lowest BCUT2D eigenvalue weighted by atomic mass is 9.83. The van der Waals surface area contributed by atoms with Crippen LogP contribution in [0.5, 0.6) is 5.75 Å². The molecule has 1 amide bonds. The molecule has 3 atom stereocenters. The summed E-state index contributed by atoms with van der Waals surface area (Å²) in [6.45, 7) is 4.49. The molecule has 2 N–H and O–H groups in total. The summed E-state index contributed by atoms with van der Waals surface area (Å²) in [5, 5.41) is 3.44. The molecule has 0 bridgehead atoms. The van der Waals surface area contributed by atoms with Crippen LogP contribution in [0, 0.1) is 0 Å². The van der Waals surface area contributed by atoms with Gasteiger partial charge in [-0.25, -0.2) is 8.42 Å². The summed E-state index contributed by atoms with van der Waals surface area (Å²) in [6.07, 6.45) is 1.39. The predicted octanol–water partition coefficient (Wildman–Crippen LogP) is 4.65. The number of Topliss-reactive ketones (excluding diaryl/α,β-unsaturated/α-hetero) is 1. The molecule has 3 aliphatic rings. The van der Waals surface area contributed by atoms with Gasteiger partial charge in [0.25, 0.3) is 0 Å². The molecule has 10 nitrogen and oxygen atoms in total. The van der Waals surface area contributed by atoms with Crippen LogP contribution >= 0.6 is 15.9 Å². The lowest BCUT2D eigenvalue weighted by Gasteiger charge is -2.27. The Hall–Kier alpha value is -3.42. The molecule has 0 saturated heterocycles. The molecule has 1 aliphatic heterocycles. The third kappa shape index (κ3) is 5.74. The molecule has 3 aromatic rings. The van der Waals surface area contributed by atoms with E-state index in [4.69, 9.17) is 14.2 Å². The van der Waals surface area contributed by atoms with E-state index in [1.807, 2.05) is 19.9 Å². The number of rotatable bonds is 11. The van der Waals surface area contributed by atoms with Crippen molar-refractivity contribution in [2.45, 2.75) is 56.2 Å². The Morgan fingerprint density at radius 2 is 1.80 bits per heavy atom. The Morgan fingerprint density at radius 1 is 1.04 bits per heavy atom. The number of benzene rings is 2. The zero-order valence-electron chi connectivity index (χ0n) is 25.1. The van der Waals surface area contributed by atoms with E-state index in [0.29, 0.717) is 69.8 Å². The molecule has 45 heavy (non-hydrogen) atoms. The van der Waals surface area contributed by atoms with E-state index in [1.54, 1.807) is 54.7 Å². The van der Waals surface area contributed by atoms with Crippen LogP contribution in [0.1, 0.15) is 66.8 Å². The minimum absolute atomic E-state index is 0.169. The number of para-hydroxylation sites is 1. The molecule has 2 aromatic carbocycles. The first kappa shape index (κ1) is 31.6. The Balaban J connectivity index is 1.26. The van der Waals surface area contributed by atoms with Gasteiger partial charge in [0.2, 0.25) is 15.9 Å². The summed E-state index contributed by atoms with van der Waals surface area (Å²) in [5.41, 5.74) is 3.51. The normalized spacial score (nSPS) is 21.7. The number of carbonyl (C=O) groups is 2. The van der Waals surface area contributed by atoms with Crippen molar-refractivity contribution in [3.63, 3.8) is 0 Å². The SMILES string of the molecule is CCOC1NC(c2ccc(CS(=O)(=O)NC(=O)C3(c4ccccc4OC)CC3)cc2Br)C2=C1c1ncccc1C(OCC)C2=O. The molecule has 0 spiro atoms. The third-order valence-electron chi connectivity index (χ3n) is 8.49. The highest BCUT2D eigenvalue weighted by atomic mass is 79.9. The molecule has 3 unspecified atom stereocenters. The summed E-state index contributed by atoms with van der Waals surface area (Å²) < 4.78 is 46.7. The number of amides is 1. The van der Waals surface area contributed by atoms with Gasteiger partial charge in [0.05, 0.1) is 30.0 Å². The van der Waals surface area contributed by atoms with Crippen molar-refractivity contribution in [3.8, 4) is 5.75 Å². The number of methoxy groups -OCH3 is 1. The molecule has 6 rings (SSSR count). The fourth-order valence-electron chi connectivity index (χ4n) is 6.33. The minimum atomic E-state index is -4.03. The van der Waals surface area contributed by atoms with Crippen LogP contribution in [0.25, 0.3) is 5.57 Å². The number of aromatic nitrogens is 1. The quantitative estimate of drug-likeness (QED) is 0.294. The maximum atomic E-state index is 13.9. The Bertz CT molecular complexity index is 1810. The predicted molar refractivity (Wildman–Crippen MR) is 171 cm³/mol. The van der Waals surface area contributed by atoms with E-state index < -0.39 is 45.5 Å². The molecule has 12 heteroatoms. The van der Waals surface area contributed by atoms with Crippen molar-refractivity contribution in [3.05, 3.63) is 98.8 Å². The Morgan fingerprint density at radius 3 is 2.49 bits per heavy atom. The molecule has 2 heterocycles. The average molecular weight is 697 g/mol. The molecule has 1 saturated carbocycles. The van der Waals surface area contributed by atoms with Gasteiger partial charge in [0.15, 0.2) is 5.78 Å². The monoisotopic (exact) mass is 695 g/mol. The van der Waals surface area contributed by atoms with E-state index >= 15 is 0 Å². The number of hydrogen-bond donors (Lipinski definition) is 2. The highest BCUT2D eigenvalue weighted by molar-refractivity contribution is 9.10. The summed E-state index contributed by atoms with van der Waals surface area (Å²) in [4.78, 5) is 31.8. The van der Waals surface area contributed by atoms with Crippen LogP contribution in [0.4, 0.5) is 0 Å². The molecular weight excluding hydrogens is 662 g/mol. The number of hydrogen-bond acceptors (Lipinski definition) is 9. The van der Waals surface area contributed by atoms with Crippen LogP contribution in [0.15, 0.2) is 70.8 Å². The van der Waals surface area contributed by atoms with Gasteiger partial charge in [-0.05, 0) is 56.0 Å². The molecule has 1 fully saturated rings. The first-order valence-corrected chi connectivity index (χ1v) is 17.3. The van der Waals surface area contributed by atoms with E-state index in [0.717, 1.165) is 5.56 Å². The van der Waals surface area contributed by atoms with Crippen LogP contribution < -0.4 is 14.8 Å². The second-order valence-electron chi connectivity index (χ2n) is 11.2. The lowest BCUT2D eigenvalue weighted by Crippen LogP contribution is -2.39. The standard InChI is InChI=1S/C33H34BrN3O7S/c1-4-43-30-21-9-8-16-35-27(21)26-25(29(30)38)28(36-31(26)44-5-2)20-13-12-19(17-23(20)34)18-45(40,41)37-32(39)33(14-15-33)22-10-6-7-11-24(22)42-3/h6-13,16-17,28,30-31,36H,4-5,14-15,18H2,1-3H3,(H,37,39). The van der Waals surface area contributed by atoms with Crippen LogP contribution in [-0.2, 0) is 40.3 Å². The number of nitrogens with one attached hydrogen (secondary N) is 2. The highest BCUT2D eigenvalue weighted by Crippen LogP contribution is 2.52. The van der Waals surface area contributed by atoms with Crippen LogP contribution in [0.3, 0.4) is 0 Å². The van der Waals surface area contributed by atoms with Gasteiger partial charge in [-0.3, -0.25) is 24.6 Å². The second kappa shape index (κ2) is 12.4. The average Bonchev–Trinajstić information content (AvgIpc) is 3.75. The van der Waals surface area contributed by atoms with Gasteiger partial charge >= 0.3 is 0 Å². The van der Waals surface area contributed by atoms with E-state index in [2.05, 4.69) is 31.0 Å². The summed E-state index contributed by atoms with van der Waals surface area (Å²) in [7, 11) is -2.50. The zero-order chi connectivity index (χ0) is 31.9. The van der Waals surface area contributed by atoms with Crippen molar-refractivity contribution in [2.24, 2.45) is 0 Å². The van der Waals surface area contributed by atoms with E-state index in [-0.39, 0.29) is 5.78 Å². The number of ketones is 1. The van der Waals surface area contributed by atoms with Crippen molar-refractivity contribution in [1.29, 1.82) is 0 Å². The fourth-order valence-corrected chi connectivity index (χ4v) is 8.15. The van der Waals surface area contributed by atoms with E-state index in [1.165, 1.54) is 7.11 Å². The van der Waals surface area contributed by atoms with Crippen molar-refractivity contribution >= 4 is 43.2 Å². The highest BCUT2D eigenvalue weighted by Gasteiger charge is 2.54. The number of halogens is 1. The first-order chi connectivity index (χ1) is 21.6. The van der Waals surface area contributed by atoms with E-state index in [9.17, 15) is 18.0 Å². The minimum Gasteiger partial charge on any atom is -0.496 e. The molecular formula is C33H34BrN3O7S. The van der Waals surface area contributed by atoms with Gasteiger partial charge in [0, 0.05) is 46.2 Å². The van der Waals surface area contributed by atoms with Crippen LogP contribution in [0.2, 0.25) is 0 Å². The number of pyridine rings is 1. The maximum absolute atomic E-state index is 13.9. The number of sulfonamides is 1. The number of nitrogens with zero attached hydrogens (tertiary/aromatic N) is 1. The molecule has 1 aromatic heterocycles. The summed E-state index contributed by atoms with van der Waals surface area (Å²) >= 11 is 3.62. The van der Waals surface area contributed by atoms with Crippen molar-refractivity contribution in [2.75, 3.05) is 20.3 Å². The van der Waals surface area contributed by atoms with Crippen LogP contribution in [-0.4, -0.2) is 51.6 Å². The fraction of sp³-hybridized carbons (Fsp3) is 0.364. The topological polar surface area (TPSA) is 133 Å². The van der Waals surface area contributed by atoms with Gasteiger partial charge in [-0.15, -0.1) is 0 Å². The van der Waals surface area contributed by atoms with Gasteiger partial charge in [-0.2, -0.15) is 0 Å². The third-order valence-corrected chi connectivity index (χ3v) is 10.4. The Kier molecular flexibility index (Phi) is 8.70. The van der Waals surface area contributed by atoms with Gasteiger partial charge in [-0.1, -0.05) is 52.3 Å². The number of fused-ring (bicyclic) bond motifs is 2. The lowest BCUT2D eigenvalue weighted by molar-refractivity contribution is -0.127. The molecule has 0 radical (unpaired) electrons. The largest absolute Gasteiger partial charge is 0.496 e. The molecule has 236 valence electrons. The Labute approximate surface area is 270 Å². The number of carbonyl (C=O) groups excluding carboxylic acids is 2. The first-order valence-electron chi connectivity index (χ1n) is 14.8. The van der Waals surface area contributed by atoms with Crippen molar-refractivity contribution < 1.29 is 32.2 Å². The number of ether oxygens (including phenoxy) is 3. The summed E-state index contributed by atoms with van der Waals surface area (Å²) in [6, 6.07) is 15.4. The van der Waals surface area contributed by atoms with Gasteiger partial charge in [0.1, 0.15) is 18.1 Å². The van der Waals surface area contributed by atoms with Gasteiger partial charge < -0.3 is 14.2 Å². The molecule has 2 aliphatic carbocycles. The second-order valence-corrected chi connectivity index (χ2v) is 13.8. The maximum Gasteiger partial charge on any atom is 0.244 e. The smallest absolute Gasteiger partial charge is 0.244 e. The van der Waals surface area contributed by atoms with Crippen molar-refractivity contribution in [1.82, 2.24) is 15.0 Å². The zero-order valence-corrected chi connectivity index (χ0v) is 27.5. The summed E-state index contributed by atoms with van der Waals surface area (Å²) in [5.74, 6) is -0.587.